The average molecular weight is 257 g/mol. The van der Waals surface area contributed by atoms with Gasteiger partial charge in [-0.05, 0) is 16.7 Å². The highest BCUT2D eigenvalue weighted by atomic mass is 28.3. The topological polar surface area (TPSA) is 18.5 Å². The second kappa shape index (κ2) is 6.49. The lowest BCUT2D eigenvalue weighted by atomic mass is 10.0. The SMILES string of the molecule is CO[Si](Cc1ccccc1-c1ccccc1)OC. The van der Waals surface area contributed by atoms with E-state index in [-0.39, 0.29) is 0 Å². The van der Waals surface area contributed by atoms with Crippen LogP contribution in [-0.4, -0.2) is 23.5 Å². The molecule has 93 valence electrons. The van der Waals surface area contributed by atoms with E-state index < -0.39 is 9.28 Å². The Labute approximate surface area is 110 Å². The van der Waals surface area contributed by atoms with Gasteiger partial charge < -0.3 is 8.85 Å². The largest absolute Gasteiger partial charge is 0.397 e. The van der Waals surface area contributed by atoms with Crippen molar-refractivity contribution < 1.29 is 8.85 Å². The molecular weight excluding hydrogens is 240 g/mol. The second-order valence-corrected chi connectivity index (χ2v) is 5.89. The van der Waals surface area contributed by atoms with Crippen molar-refractivity contribution in [2.24, 2.45) is 0 Å². The molecule has 0 aliphatic carbocycles. The van der Waals surface area contributed by atoms with E-state index in [1.165, 1.54) is 16.7 Å². The molecule has 0 saturated heterocycles. The van der Waals surface area contributed by atoms with Gasteiger partial charge >= 0.3 is 9.28 Å². The first kappa shape index (κ1) is 13.0. The molecule has 0 amide bonds. The molecule has 18 heavy (non-hydrogen) atoms. The van der Waals surface area contributed by atoms with Gasteiger partial charge in [-0.1, -0.05) is 54.6 Å². The van der Waals surface area contributed by atoms with E-state index in [2.05, 4.69) is 48.5 Å². The molecule has 0 unspecified atom stereocenters. The van der Waals surface area contributed by atoms with E-state index in [1.54, 1.807) is 14.2 Å². The zero-order valence-electron chi connectivity index (χ0n) is 10.7. The van der Waals surface area contributed by atoms with Crippen LogP contribution in [0.15, 0.2) is 54.6 Å². The average Bonchev–Trinajstić information content (AvgIpc) is 2.46. The molecule has 2 rings (SSSR count). The molecule has 0 aliphatic heterocycles. The molecule has 0 saturated carbocycles. The maximum Gasteiger partial charge on any atom is 0.388 e. The Morgan fingerprint density at radius 1 is 0.833 bits per heavy atom. The Hall–Kier alpha value is -1.42. The lowest BCUT2D eigenvalue weighted by Crippen LogP contribution is -2.23. The zero-order valence-corrected chi connectivity index (χ0v) is 11.7. The molecule has 0 atom stereocenters. The summed E-state index contributed by atoms with van der Waals surface area (Å²) in [5, 5.41) is 0. The number of benzene rings is 2. The summed E-state index contributed by atoms with van der Waals surface area (Å²) in [6, 6.07) is 19.7. The summed E-state index contributed by atoms with van der Waals surface area (Å²) in [7, 11) is 2.22. The van der Waals surface area contributed by atoms with Crippen molar-refractivity contribution in [1.82, 2.24) is 0 Å². The predicted octanol–water partition coefficient (Wildman–Crippen LogP) is 3.22. The molecule has 2 aromatic rings. The maximum absolute atomic E-state index is 5.37. The quantitative estimate of drug-likeness (QED) is 0.766. The van der Waals surface area contributed by atoms with E-state index in [0.29, 0.717) is 0 Å². The van der Waals surface area contributed by atoms with Crippen molar-refractivity contribution in [3.63, 3.8) is 0 Å². The van der Waals surface area contributed by atoms with Crippen LogP contribution in [0.25, 0.3) is 11.1 Å². The number of rotatable bonds is 5. The molecular formula is C15H17O2Si. The van der Waals surface area contributed by atoms with E-state index in [0.717, 1.165) is 6.04 Å². The predicted molar refractivity (Wildman–Crippen MR) is 75.4 cm³/mol. The van der Waals surface area contributed by atoms with Gasteiger partial charge in [-0.15, -0.1) is 0 Å². The minimum Gasteiger partial charge on any atom is -0.397 e. The normalized spacial score (nSPS) is 10.8. The Balaban J connectivity index is 2.31. The van der Waals surface area contributed by atoms with Gasteiger partial charge in [0.05, 0.1) is 0 Å². The van der Waals surface area contributed by atoms with Gasteiger partial charge in [-0.2, -0.15) is 0 Å². The van der Waals surface area contributed by atoms with Crippen LogP contribution in [0.2, 0.25) is 0 Å². The fourth-order valence-electron chi connectivity index (χ4n) is 1.96. The van der Waals surface area contributed by atoms with Crippen LogP contribution < -0.4 is 0 Å². The molecule has 2 aromatic carbocycles. The van der Waals surface area contributed by atoms with Crippen molar-refractivity contribution in [3.05, 3.63) is 60.2 Å². The van der Waals surface area contributed by atoms with Crippen molar-refractivity contribution in [1.29, 1.82) is 0 Å². The summed E-state index contributed by atoms with van der Waals surface area (Å²) in [5.74, 6) is 0. The van der Waals surface area contributed by atoms with Crippen LogP contribution in [0, 0.1) is 0 Å². The third-order valence-corrected chi connectivity index (χ3v) is 4.47. The second-order valence-electron chi connectivity index (χ2n) is 3.98. The van der Waals surface area contributed by atoms with Crippen LogP contribution in [0.4, 0.5) is 0 Å². The summed E-state index contributed by atoms with van der Waals surface area (Å²) < 4.78 is 10.7. The molecule has 0 spiro atoms. The Morgan fingerprint density at radius 2 is 1.44 bits per heavy atom. The van der Waals surface area contributed by atoms with Gasteiger partial charge in [-0.25, -0.2) is 0 Å². The minimum absolute atomic E-state index is 0.850. The van der Waals surface area contributed by atoms with Gasteiger partial charge in [-0.3, -0.25) is 0 Å². The monoisotopic (exact) mass is 257 g/mol. The Kier molecular flexibility index (Phi) is 4.70. The van der Waals surface area contributed by atoms with Crippen molar-refractivity contribution in [2.45, 2.75) is 6.04 Å². The van der Waals surface area contributed by atoms with Gasteiger partial charge in [0, 0.05) is 20.3 Å². The highest BCUT2D eigenvalue weighted by molar-refractivity contribution is 6.43. The third-order valence-electron chi connectivity index (χ3n) is 2.89. The molecule has 0 aromatic heterocycles. The summed E-state index contributed by atoms with van der Waals surface area (Å²) in [5.41, 5.74) is 3.78. The first-order chi connectivity index (χ1) is 8.85. The molecule has 0 bridgehead atoms. The zero-order chi connectivity index (χ0) is 12.8. The van der Waals surface area contributed by atoms with Crippen LogP contribution >= 0.6 is 0 Å². The van der Waals surface area contributed by atoms with E-state index in [1.807, 2.05) is 6.07 Å². The molecule has 2 nitrogen and oxygen atoms in total. The van der Waals surface area contributed by atoms with Crippen LogP contribution in [0.5, 0.6) is 0 Å². The van der Waals surface area contributed by atoms with Gasteiger partial charge in [0.1, 0.15) is 0 Å². The Morgan fingerprint density at radius 3 is 2.11 bits per heavy atom. The minimum atomic E-state index is -1.20. The molecule has 0 heterocycles. The number of hydrogen-bond donors (Lipinski definition) is 0. The summed E-state index contributed by atoms with van der Waals surface area (Å²) in [6.07, 6.45) is 0. The molecule has 0 fully saturated rings. The fraction of sp³-hybridized carbons (Fsp3) is 0.200. The third kappa shape index (κ3) is 3.07. The first-order valence-corrected chi connectivity index (χ1v) is 7.44. The van der Waals surface area contributed by atoms with Gasteiger partial charge in [0.25, 0.3) is 0 Å². The maximum atomic E-state index is 5.37. The lowest BCUT2D eigenvalue weighted by molar-refractivity contribution is 0.277. The van der Waals surface area contributed by atoms with E-state index in [9.17, 15) is 0 Å². The number of hydrogen-bond acceptors (Lipinski definition) is 2. The van der Waals surface area contributed by atoms with Crippen molar-refractivity contribution >= 4 is 9.28 Å². The molecule has 0 N–H and O–H groups in total. The fourth-order valence-corrected chi connectivity index (χ4v) is 3.03. The molecule has 1 radical (unpaired) electrons. The first-order valence-electron chi connectivity index (χ1n) is 5.92. The van der Waals surface area contributed by atoms with E-state index in [4.69, 9.17) is 8.85 Å². The van der Waals surface area contributed by atoms with Crippen LogP contribution in [-0.2, 0) is 14.9 Å². The standard InChI is InChI=1S/C15H17O2Si/c1-16-18(17-2)12-14-10-6-7-11-15(14)13-8-4-3-5-9-13/h3-11H,12H2,1-2H3. The Bertz CT molecular complexity index is 481. The molecule has 3 heteroatoms. The highest BCUT2D eigenvalue weighted by Gasteiger charge is 2.15. The smallest absolute Gasteiger partial charge is 0.388 e. The molecule has 0 aliphatic rings. The van der Waals surface area contributed by atoms with Crippen molar-refractivity contribution in [2.75, 3.05) is 14.2 Å². The van der Waals surface area contributed by atoms with Crippen LogP contribution in [0.3, 0.4) is 0 Å². The summed E-state index contributed by atoms with van der Waals surface area (Å²) in [6.45, 7) is 0. The van der Waals surface area contributed by atoms with Crippen LogP contribution in [0.1, 0.15) is 5.56 Å². The van der Waals surface area contributed by atoms with Crippen molar-refractivity contribution in [3.8, 4) is 11.1 Å². The van der Waals surface area contributed by atoms with Gasteiger partial charge in [0.15, 0.2) is 0 Å². The van der Waals surface area contributed by atoms with E-state index >= 15 is 0 Å². The summed E-state index contributed by atoms with van der Waals surface area (Å²) in [4.78, 5) is 0. The lowest BCUT2D eigenvalue weighted by Gasteiger charge is -2.13. The van der Waals surface area contributed by atoms with Gasteiger partial charge in [0.2, 0.25) is 0 Å². The summed E-state index contributed by atoms with van der Waals surface area (Å²) >= 11 is 0. The highest BCUT2D eigenvalue weighted by Crippen LogP contribution is 2.24.